The van der Waals surface area contributed by atoms with Crippen molar-refractivity contribution >= 4 is 24.8 Å². The van der Waals surface area contributed by atoms with Crippen molar-refractivity contribution in [3.8, 4) is 5.75 Å². The van der Waals surface area contributed by atoms with E-state index in [-0.39, 0.29) is 36.0 Å². The van der Waals surface area contributed by atoms with Gasteiger partial charge in [-0.3, -0.25) is 4.90 Å². The van der Waals surface area contributed by atoms with Crippen molar-refractivity contribution in [2.24, 2.45) is 0 Å². The second-order valence-electron chi connectivity index (χ2n) is 6.51. The van der Waals surface area contributed by atoms with Crippen molar-refractivity contribution < 1.29 is 17.9 Å². The average molecular weight is 389 g/mol. The molecule has 0 radical (unpaired) electrons. The summed E-state index contributed by atoms with van der Waals surface area (Å²) in [4.78, 5) is 1.48. The maximum absolute atomic E-state index is 13.5. The molecule has 0 amide bonds. The van der Waals surface area contributed by atoms with E-state index in [0.29, 0.717) is 31.9 Å². The number of alkyl halides is 3. The summed E-state index contributed by atoms with van der Waals surface area (Å²) in [5.74, 6) is 0.581. The zero-order valence-electron chi connectivity index (χ0n) is 14.0. The molecule has 0 bridgehead atoms. The molecule has 0 unspecified atom stereocenters. The van der Waals surface area contributed by atoms with Crippen LogP contribution in [0.15, 0.2) is 24.3 Å². The highest BCUT2D eigenvalue weighted by Gasteiger charge is 2.44. The quantitative estimate of drug-likeness (QED) is 0.838. The Bertz CT molecular complexity index is 484. The van der Waals surface area contributed by atoms with E-state index < -0.39 is 12.2 Å². The number of hydrogen-bond donors (Lipinski definition) is 1. The van der Waals surface area contributed by atoms with Gasteiger partial charge in [-0.15, -0.1) is 24.8 Å². The van der Waals surface area contributed by atoms with E-state index in [4.69, 9.17) is 4.74 Å². The van der Waals surface area contributed by atoms with E-state index in [9.17, 15) is 13.2 Å². The first-order chi connectivity index (χ1) is 10.2. The minimum atomic E-state index is -4.29. The lowest BCUT2D eigenvalue weighted by molar-refractivity contribution is -0.187. The lowest BCUT2D eigenvalue weighted by atomic mass is 10.0. The third kappa shape index (κ3) is 6.67. The fourth-order valence-corrected chi connectivity index (χ4v) is 2.62. The summed E-state index contributed by atoms with van der Waals surface area (Å²) >= 11 is 0. The summed E-state index contributed by atoms with van der Waals surface area (Å²) in [5, 5.41) is 3.08. The SMILES string of the molecule is CC(C)(C)Oc1ccc([C@@H](N2CCNCC2)C(F)(F)F)cc1.Cl.Cl. The van der Waals surface area contributed by atoms with Gasteiger partial charge in [0, 0.05) is 26.2 Å². The van der Waals surface area contributed by atoms with E-state index in [1.54, 1.807) is 12.1 Å². The van der Waals surface area contributed by atoms with Gasteiger partial charge in [0.05, 0.1) is 0 Å². The Morgan fingerprint density at radius 2 is 1.50 bits per heavy atom. The molecular weight excluding hydrogens is 364 g/mol. The predicted octanol–water partition coefficient (Wildman–Crippen LogP) is 4.22. The van der Waals surface area contributed by atoms with Crippen LogP contribution in [0.4, 0.5) is 13.2 Å². The van der Waals surface area contributed by atoms with Crippen molar-refractivity contribution in [3.05, 3.63) is 29.8 Å². The third-order valence-corrected chi connectivity index (χ3v) is 3.45. The molecule has 0 spiro atoms. The van der Waals surface area contributed by atoms with Crippen LogP contribution in [0, 0.1) is 0 Å². The Morgan fingerprint density at radius 3 is 1.92 bits per heavy atom. The average Bonchev–Trinajstić information content (AvgIpc) is 2.39. The fraction of sp³-hybridized carbons (Fsp3) is 0.625. The largest absolute Gasteiger partial charge is 0.488 e. The van der Waals surface area contributed by atoms with Gasteiger partial charge in [-0.1, -0.05) is 12.1 Å². The molecule has 2 rings (SSSR count). The number of nitrogens with zero attached hydrogens (tertiary/aromatic N) is 1. The lowest BCUT2D eigenvalue weighted by Gasteiger charge is -2.36. The van der Waals surface area contributed by atoms with Gasteiger partial charge < -0.3 is 10.1 Å². The van der Waals surface area contributed by atoms with Gasteiger partial charge >= 0.3 is 6.18 Å². The van der Waals surface area contributed by atoms with Gasteiger partial charge in [-0.25, -0.2) is 0 Å². The Balaban J connectivity index is 0.00000264. The molecule has 0 aliphatic carbocycles. The molecule has 1 aromatic carbocycles. The number of rotatable bonds is 3. The van der Waals surface area contributed by atoms with Crippen LogP contribution in [0.25, 0.3) is 0 Å². The van der Waals surface area contributed by atoms with Crippen molar-refractivity contribution in [2.75, 3.05) is 26.2 Å². The number of piperazine rings is 1. The second kappa shape index (κ2) is 9.13. The number of nitrogens with one attached hydrogen (secondary N) is 1. The molecule has 8 heteroatoms. The van der Waals surface area contributed by atoms with Crippen LogP contribution in [0.3, 0.4) is 0 Å². The Hall–Kier alpha value is -0.690. The molecule has 1 aliphatic heterocycles. The Morgan fingerprint density at radius 1 is 1.00 bits per heavy atom. The summed E-state index contributed by atoms with van der Waals surface area (Å²) in [6, 6.07) is 4.70. The first-order valence-electron chi connectivity index (χ1n) is 7.47. The van der Waals surface area contributed by atoms with Crippen LogP contribution < -0.4 is 10.1 Å². The maximum Gasteiger partial charge on any atom is 0.408 e. The van der Waals surface area contributed by atoms with Gasteiger partial charge in [0.15, 0.2) is 0 Å². The Kier molecular flexibility index (Phi) is 8.87. The van der Waals surface area contributed by atoms with Gasteiger partial charge in [0.1, 0.15) is 17.4 Å². The zero-order chi connectivity index (χ0) is 16.4. The van der Waals surface area contributed by atoms with Gasteiger partial charge in [0.2, 0.25) is 0 Å². The molecule has 1 heterocycles. The molecule has 0 aromatic heterocycles. The third-order valence-electron chi connectivity index (χ3n) is 3.45. The normalized spacial score (nSPS) is 17.4. The topological polar surface area (TPSA) is 24.5 Å². The summed E-state index contributed by atoms with van der Waals surface area (Å²) in [7, 11) is 0. The number of ether oxygens (including phenoxy) is 1. The van der Waals surface area contributed by atoms with Crippen molar-refractivity contribution in [3.63, 3.8) is 0 Å². The van der Waals surface area contributed by atoms with Crippen LogP contribution in [0.2, 0.25) is 0 Å². The van der Waals surface area contributed by atoms with Crippen LogP contribution in [-0.2, 0) is 0 Å². The zero-order valence-corrected chi connectivity index (χ0v) is 15.7. The second-order valence-corrected chi connectivity index (χ2v) is 6.51. The molecule has 1 saturated heterocycles. The summed E-state index contributed by atoms with van der Waals surface area (Å²) in [6.07, 6.45) is -4.29. The predicted molar refractivity (Wildman–Crippen MR) is 94.6 cm³/mol. The van der Waals surface area contributed by atoms with Gasteiger partial charge in [-0.05, 0) is 38.5 Å². The fourth-order valence-electron chi connectivity index (χ4n) is 2.62. The molecule has 3 nitrogen and oxygen atoms in total. The number of benzene rings is 1. The monoisotopic (exact) mass is 388 g/mol. The van der Waals surface area contributed by atoms with E-state index in [1.807, 2.05) is 20.8 Å². The first kappa shape index (κ1) is 23.3. The minimum absolute atomic E-state index is 0. The first-order valence-corrected chi connectivity index (χ1v) is 7.47. The van der Waals surface area contributed by atoms with Crippen molar-refractivity contribution in [1.29, 1.82) is 0 Å². The number of halogens is 5. The van der Waals surface area contributed by atoms with Crippen LogP contribution in [0.5, 0.6) is 5.75 Å². The maximum atomic E-state index is 13.5. The molecule has 24 heavy (non-hydrogen) atoms. The van der Waals surface area contributed by atoms with Crippen molar-refractivity contribution in [1.82, 2.24) is 10.2 Å². The van der Waals surface area contributed by atoms with Gasteiger partial charge in [0.25, 0.3) is 0 Å². The van der Waals surface area contributed by atoms with Crippen LogP contribution >= 0.6 is 24.8 Å². The van der Waals surface area contributed by atoms with E-state index in [2.05, 4.69) is 5.32 Å². The van der Waals surface area contributed by atoms with Crippen LogP contribution in [0.1, 0.15) is 32.4 Å². The van der Waals surface area contributed by atoms with E-state index >= 15 is 0 Å². The molecule has 1 aliphatic rings. The highest BCUT2D eigenvalue weighted by Crippen LogP contribution is 2.38. The molecule has 140 valence electrons. The standard InChI is InChI=1S/C16H23F3N2O.2ClH/c1-15(2,3)22-13-6-4-12(5-7-13)14(16(17,18)19)21-10-8-20-9-11-21;;/h4-7,14,20H,8-11H2,1-3H3;2*1H/t14-;;/m1../s1. The number of hydrogen-bond acceptors (Lipinski definition) is 3. The summed E-state index contributed by atoms with van der Waals surface area (Å²) in [6.45, 7) is 7.66. The van der Waals surface area contributed by atoms with Crippen molar-refractivity contribution in [2.45, 2.75) is 38.6 Å². The van der Waals surface area contributed by atoms with Gasteiger partial charge in [-0.2, -0.15) is 13.2 Å². The summed E-state index contributed by atoms with van der Waals surface area (Å²) < 4.78 is 46.1. The van der Waals surface area contributed by atoms with E-state index in [0.717, 1.165) is 0 Å². The lowest BCUT2D eigenvalue weighted by Crippen LogP contribution is -2.49. The van der Waals surface area contributed by atoms with E-state index in [1.165, 1.54) is 17.0 Å². The smallest absolute Gasteiger partial charge is 0.408 e. The minimum Gasteiger partial charge on any atom is -0.488 e. The highest BCUT2D eigenvalue weighted by atomic mass is 35.5. The summed E-state index contributed by atoms with van der Waals surface area (Å²) in [5.41, 5.74) is -0.112. The Labute approximate surface area is 153 Å². The molecule has 1 atom stereocenters. The molecule has 1 N–H and O–H groups in total. The molecular formula is C16H25Cl2F3N2O. The molecule has 1 aromatic rings. The molecule has 1 fully saturated rings. The van der Waals surface area contributed by atoms with Crippen LogP contribution in [-0.4, -0.2) is 42.9 Å². The molecule has 0 saturated carbocycles. The highest BCUT2D eigenvalue weighted by molar-refractivity contribution is 5.85.